The van der Waals surface area contributed by atoms with Crippen LogP contribution in [-0.2, 0) is 16.1 Å². The number of nitrogens with one attached hydrogen (secondary N) is 1. The van der Waals surface area contributed by atoms with E-state index in [9.17, 15) is 14.7 Å². The number of phenols is 1. The second-order valence-electron chi connectivity index (χ2n) is 4.87. The fourth-order valence-corrected chi connectivity index (χ4v) is 1.98. The molecule has 0 radical (unpaired) electrons. The Kier molecular flexibility index (Phi) is 5.19. The number of ether oxygens (including phenoxy) is 2. The van der Waals surface area contributed by atoms with Gasteiger partial charge in [-0.3, -0.25) is 5.32 Å². The number of hydrogen-bond acceptors (Lipinski definition) is 5. The molecule has 0 saturated carbocycles. The average Bonchev–Trinajstić information content (AvgIpc) is 2.57. The fraction of sp³-hybridized carbons (Fsp3) is 0.176. The van der Waals surface area contributed by atoms with Gasteiger partial charge in [-0.2, -0.15) is 0 Å². The number of anilines is 1. The standard InChI is InChI=1S/C17H17NO5/c1-11-8-13(16(20)22-2)9-14(15(11)19)18-17(21)23-10-12-6-4-3-5-7-12/h3-9,19H,10H2,1-2H3,(H,18,21). The third-order valence-electron chi connectivity index (χ3n) is 3.17. The van der Waals surface area contributed by atoms with Gasteiger partial charge in [0.15, 0.2) is 0 Å². The second kappa shape index (κ2) is 7.31. The van der Waals surface area contributed by atoms with Crippen LogP contribution in [0.25, 0.3) is 0 Å². The highest BCUT2D eigenvalue weighted by molar-refractivity contribution is 5.94. The van der Waals surface area contributed by atoms with Gasteiger partial charge < -0.3 is 14.6 Å². The SMILES string of the molecule is COC(=O)c1cc(C)c(O)c(NC(=O)OCc2ccccc2)c1. The summed E-state index contributed by atoms with van der Waals surface area (Å²) in [6.07, 6.45) is -0.731. The Morgan fingerprint density at radius 2 is 1.87 bits per heavy atom. The van der Waals surface area contributed by atoms with Crippen molar-refractivity contribution >= 4 is 17.7 Å². The molecule has 0 bridgehead atoms. The Balaban J connectivity index is 2.08. The number of amides is 1. The molecular weight excluding hydrogens is 298 g/mol. The number of carbonyl (C=O) groups excluding carboxylic acids is 2. The van der Waals surface area contributed by atoms with E-state index in [-0.39, 0.29) is 23.6 Å². The van der Waals surface area contributed by atoms with Crippen LogP contribution < -0.4 is 5.32 Å². The molecule has 0 fully saturated rings. The highest BCUT2D eigenvalue weighted by Gasteiger charge is 2.15. The lowest BCUT2D eigenvalue weighted by molar-refractivity contribution is 0.0600. The van der Waals surface area contributed by atoms with Crippen molar-refractivity contribution in [3.05, 3.63) is 59.2 Å². The molecule has 6 nitrogen and oxygen atoms in total. The molecule has 0 heterocycles. The van der Waals surface area contributed by atoms with E-state index in [4.69, 9.17) is 4.74 Å². The number of rotatable bonds is 4. The molecule has 2 aromatic rings. The first kappa shape index (κ1) is 16.4. The zero-order valence-electron chi connectivity index (χ0n) is 12.8. The van der Waals surface area contributed by atoms with Crippen LogP contribution in [0, 0.1) is 6.92 Å². The minimum absolute atomic E-state index is 0.0865. The summed E-state index contributed by atoms with van der Waals surface area (Å²) in [6.45, 7) is 1.71. The first-order chi connectivity index (χ1) is 11.0. The summed E-state index contributed by atoms with van der Waals surface area (Å²) < 4.78 is 9.71. The molecule has 0 aliphatic heterocycles. The average molecular weight is 315 g/mol. The minimum Gasteiger partial charge on any atom is -0.505 e. The van der Waals surface area contributed by atoms with Gasteiger partial charge in [-0.05, 0) is 30.2 Å². The lowest BCUT2D eigenvalue weighted by atomic mass is 10.1. The molecule has 1 amide bonds. The van der Waals surface area contributed by atoms with E-state index in [1.54, 1.807) is 6.92 Å². The summed E-state index contributed by atoms with van der Waals surface area (Å²) >= 11 is 0. The molecule has 120 valence electrons. The highest BCUT2D eigenvalue weighted by atomic mass is 16.5. The zero-order valence-corrected chi connectivity index (χ0v) is 12.8. The van der Waals surface area contributed by atoms with Gasteiger partial charge in [0.25, 0.3) is 0 Å². The molecule has 2 aromatic carbocycles. The molecular formula is C17H17NO5. The van der Waals surface area contributed by atoms with Gasteiger partial charge in [-0.15, -0.1) is 0 Å². The van der Waals surface area contributed by atoms with Gasteiger partial charge in [0.1, 0.15) is 12.4 Å². The van der Waals surface area contributed by atoms with Gasteiger partial charge in [-0.1, -0.05) is 30.3 Å². The van der Waals surface area contributed by atoms with Crippen molar-refractivity contribution in [3.63, 3.8) is 0 Å². The Morgan fingerprint density at radius 1 is 1.17 bits per heavy atom. The van der Waals surface area contributed by atoms with Crippen molar-refractivity contribution in [2.75, 3.05) is 12.4 Å². The summed E-state index contributed by atoms with van der Waals surface area (Å²) in [5, 5.41) is 12.4. The first-order valence-electron chi connectivity index (χ1n) is 6.91. The molecule has 0 spiro atoms. The number of esters is 1. The number of carbonyl (C=O) groups is 2. The fourth-order valence-electron chi connectivity index (χ4n) is 1.98. The van der Waals surface area contributed by atoms with Gasteiger partial charge in [0, 0.05) is 0 Å². The zero-order chi connectivity index (χ0) is 16.8. The maximum Gasteiger partial charge on any atom is 0.412 e. The smallest absolute Gasteiger partial charge is 0.412 e. The summed E-state index contributed by atoms with van der Waals surface area (Å²) in [6, 6.07) is 12.0. The number of aryl methyl sites for hydroxylation is 1. The number of benzene rings is 2. The van der Waals surface area contributed by atoms with Crippen molar-refractivity contribution in [1.29, 1.82) is 0 Å². The van der Waals surface area contributed by atoms with Crippen molar-refractivity contribution in [2.45, 2.75) is 13.5 Å². The van der Waals surface area contributed by atoms with Crippen LogP contribution in [0.1, 0.15) is 21.5 Å². The van der Waals surface area contributed by atoms with E-state index < -0.39 is 12.1 Å². The molecule has 0 atom stereocenters. The predicted octanol–water partition coefficient (Wildman–Crippen LogP) is 3.24. The van der Waals surface area contributed by atoms with E-state index in [0.717, 1.165) is 5.56 Å². The summed E-state index contributed by atoms with van der Waals surface area (Å²) in [5.74, 6) is -0.692. The van der Waals surface area contributed by atoms with Crippen molar-refractivity contribution in [1.82, 2.24) is 0 Å². The second-order valence-corrected chi connectivity index (χ2v) is 4.87. The van der Waals surface area contributed by atoms with Crippen LogP contribution >= 0.6 is 0 Å². The Morgan fingerprint density at radius 3 is 2.52 bits per heavy atom. The molecule has 0 aliphatic rings. The predicted molar refractivity (Wildman–Crippen MR) is 84.4 cm³/mol. The van der Waals surface area contributed by atoms with Crippen molar-refractivity contribution < 1.29 is 24.2 Å². The summed E-state index contributed by atoms with van der Waals surface area (Å²) in [5.41, 5.74) is 1.59. The molecule has 2 rings (SSSR count). The molecule has 0 aliphatic carbocycles. The largest absolute Gasteiger partial charge is 0.505 e. The lowest BCUT2D eigenvalue weighted by Crippen LogP contribution is -2.14. The topological polar surface area (TPSA) is 84.9 Å². The van der Waals surface area contributed by atoms with Crippen molar-refractivity contribution in [2.24, 2.45) is 0 Å². The molecule has 2 N–H and O–H groups in total. The van der Waals surface area contributed by atoms with Crippen LogP contribution in [0.4, 0.5) is 10.5 Å². The lowest BCUT2D eigenvalue weighted by Gasteiger charge is -2.11. The third kappa shape index (κ3) is 4.23. The molecule has 0 aromatic heterocycles. The quantitative estimate of drug-likeness (QED) is 0.668. The number of phenolic OH excluding ortho intramolecular Hbond substituents is 1. The normalized spacial score (nSPS) is 10.0. The monoisotopic (exact) mass is 315 g/mol. The third-order valence-corrected chi connectivity index (χ3v) is 3.17. The number of methoxy groups -OCH3 is 1. The van der Waals surface area contributed by atoms with E-state index >= 15 is 0 Å². The maximum atomic E-state index is 11.8. The van der Waals surface area contributed by atoms with E-state index in [2.05, 4.69) is 10.1 Å². The Hall–Kier alpha value is -3.02. The van der Waals surface area contributed by atoms with Crippen LogP contribution in [0.15, 0.2) is 42.5 Å². The van der Waals surface area contributed by atoms with Crippen LogP contribution in [0.5, 0.6) is 5.75 Å². The Bertz CT molecular complexity index is 712. The Labute approximate surface area is 133 Å². The van der Waals surface area contributed by atoms with Crippen LogP contribution in [-0.4, -0.2) is 24.3 Å². The van der Waals surface area contributed by atoms with Crippen LogP contribution in [0.3, 0.4) is 0 Å². The summed E-state index contributed by atoms with van der Waals surface area (Å²) in [7, 11) is 1.26. The van der Waals surface area contributed by atoms with E-state index in [1.165, 1.54) is 19.2 Å². The molecule has 0 saturated heterocycles. The molecule has 23 heavy (non-hydrogen) atoms. The van der Waals surface area contributed by atoms with E-state index in [0.29, 0.717) is 5.56 Å². The molecule has 0 unspecified atom stereocenters. The van der Waals surface area contributed by atoms with Crippen LogP contribution in [0.2, 0.25) is 0 Å². The van der Waals surface area contributed by atoms with Gasteiger partial charge >= 0.3 is 12.1 Å². The summed E-state index contributed by atoms with van der Waals surface area (Å²) in [4.78, 5) is 23.4. The first-order valence-corrected chi connectivity index (χ1v) is 6.91. The van der Waals surface area contributed by atoms with Crippen molar-refractivity contribution in [3.8, 4) is 5.75 Å². The van der Waals surface area contributed by atoms with Gasteiger partial charge in [0.05, 0.1) is 18.4 Å². The number of hydrogen-bond donors (Lipinski definition) is 2. The minimum atomic E-state index is -0.731. The number of aromatic hydroxyl groups is 1. The maximum absolute atomic E-state index is 11.8. The van der Waals surface area contributed by atoms with E-state index in [1.807, 2.05) is 30.3 Å². The van der Waals surface area contributed by atoms with Gasteiger partial charge in [-0.25, -0.2) is 9.59 Å². The van der Waals surface area contributed by atoms with Gasteiger partial charge in [0.2, 0.25) is 0 Å². The molecule has 6 heteroatoms. The highest BCUT2D eigenvalue weighted by Crippen LogP contribution is 2.29.